The maximum absolute atomic E-state index is 13.8. The number of hydrogen-bond acceptors (Lipinski definition) is 7. The van der Waals surface area contributed by atoms with Crippen LogP contribution in [0.5, 0.6) is 0 Å². The summed E-state index contributed by atoms with van der Waals surface area (Å²) in [6, 6.07) is 1.87. The number of thiophene rings is 1. The van der Waals surface area contributed by atoms with Gasteiger partial charge in [-0.05, 0) is 64.6 Å². The van der Waals surface area contributed by atoms with Crippen LogP contribution in [0, 0.1) is 34.0 Å². The Morgan fingerprint density at radius 1 is 1.29 bits per heavy atom. The highest BCUT2D eigenvalue weighted by Gasteiger charge is 2.76. The van der Waals surface area contributed by atoms with E-state index in [1.165, 1.54) is 17.4 Å². The monoisotopic (exact) mass is 480 g/mol. The van der Waals surface area contributed by atoms with Crippen molar-refractivity contribution in [2.24, 2.45) is 34.0 Å². The van der Waals surface area contributed by atoms with Crippen molar-refractivity contribution in [2.75, 3.05) is 6.61 Å². The summed E-state index contributed by atoms with van der Waals surface area (Å²) in [6.07, 6.45) is 8.72. The molecule has 2 bridgehead atoms. The van der Waals surface area contributed by atoms with Crippen LogP contribution in [0.3, 0.4) is 0 Å². The Bertz CT molecular complexity index is 1130. The fourth-order valence-electron chi connectivity index (χ4n) is 6.97. The highest BCUT2D eigenvalue weighted by molar-refractivity contribution is 7.08. The highest BCUT2D eigenvalue weighted by Crippen LogP contribution is 2.67. The standard InChI is InChI=1S/C27H28O6S/c1-16-18-6-7-19-26(11-4-10-25(2,3)20(26)13-28)15-32-24(31)27(19,22(16)30)23(18)33-21(29)8-5-17-9-12-34-14-17/h4-5,8-9,11-14,18-20,23H,1,6-7,10,15H2,2-3H3/b8-5+/t18-,19-,20+,23+,26+,27-/m0/s1. The van der Waals surface area contributed by atoms with E-state index in [0.717, 1.165) is 11.8 Å². The quantitative estimate of drug-likeness (QED) is 0.211. The second kappa shape index (κ2) is 7.87. The number of ketones is 1. The molecule has 3 aliphatic carbocycles. The van der Waals surface area contributed by atoms with E-state index in [-0.39, 0.29) is 12.0 Å². The van der Waals surface area contributed by atoms with Crippen molar-refractivity contribution >= 4 is 41.4 Å². The fourth-order valence-corrected chi connectivity index (χ4v) is 7.60. The number of carbonyl (C=O) groups excluding carboxylic acids is 4. The van der Waals surface area contributed by atoms with Gasteiger partial charge in [-0.1, -0.05) is 32.6 Å². The van der Waals surface area contributed by atoms with Gasteiger partial charge < -0.3 is 14.3 Å². The SMILES string of the molecule is C=C1C(=O)[C@@]23C(=O)OC[C@]4(C=CCC(C)(C)[C@H]4C=O)[C@@H]2CC[C@@H]1[C@H]3OC(=O)/C=C/c1ccsc1. The molecule has 1 aliphatic heterocycles. The molecule has 2 spiro atoms. The summed E-state index contributed by atoms with van der Waals surface area (Å²) in [5.74, 6) is -3.12. The van der Waals surface area contributed by atoms with Gasteiger partial charge in [0.15, 0.2) is 11.2 Å². The van der Waals surface area contributed by atoms with E-state index in [9.17, 15) is 19.2 Å². The Morgan fingerprint density at radius 2 is 2.09 bits per heavy atom. The number of cyclic esters (lactones) is 1. The van der Waals surface area contributed by atoms with Crippen molar-refractivity contribution < 1.29 is 28.7 Å². The van der Waals surface area contributed by atoms with Gasteiger partial charge in [-0.25, -0.2) is 4.79 Å². The number of Topliss-reactive ketones (excluding diaryl/α,β-unsaturated/α-hetero) is 1. The summed E-state index contributed by atoms with van der Waals surface area (Å²) >= 11 is 1.51. The molecule has 0 N–H and O–H groups in total. The third-order valence-corrected chi connectivity index (χ3v) is 9.21. The van der Waals surface area contributed by atoms with Crippen LogP contribution in [0.15, 0.2) is 47.2 Å². The van der Waals surface area contributed by atoms with Gasteiger partial charge in [0.2, 0.25) is 0 Å². The van der Waals surface area contributed by atoms with E-state index in [0.29, 0.717) is 24.8 Å². The third kappa shape index (κ3) is 2.98. The Morgan fingerprint density at radius 3 is 2.79 bits per heavy atom. The van der Waals surface area contributed by atoms with E-state index in [1.807, 2.05) is 42.8 Å². The number of esters is 2. The molecule has 2 saturated carbocycles. The molecule has 178 valence electrons. The molecular weight excluding hydrogens is 452 g/mol. The zero-order chi connectivity index (χ0) is 24.3. The Kier molecular flexibility index (Phi) is 5.32. The molecule has 0 unspecified atom stereocenters. The molecule has 5 rings (SSSR count). The second-order valence-electron chi connectivity index (χ2n) is 10.6. The van der Waals surface area contributed by atoms with Crippen LogP contribution in [-0.4, -0.2) is 36.7 Å². The average Bonchev–Trinajstić information content (AvgIpc) is 3.35. The topological polar surface area (TPSA) is 86.7 Å². The van der Waals surface area contributed by atoms with Crippen LogP contribution in [0.2, 0.25) is 0 Å². The van der Waals surface area contributed by atoms with Crippen LogP contribution in [-0.2, 0) is 28.7 Å². The number of rotatable bonds is 4. The molecular formula is C27H28O6S. The molecule has 6 atom stereocenters. The Hall–Kier alpha value is -2.80. The first-order valence-corrected chi connectivity index (χ1v) is 12.6. The highest BCUT2D eigenvalue weighted by atomic mass is 32.1. The summed E-state index contributed by atoms with van der Waals surface area (Å²) in [4.78, 5) is 52.5. The molecule has 4 aliphatic rings. The van der Waals surface area contributed by atoms with E-state index in [2.05, 4.69) is 6.58 Å². The minimum absolute atomic E-state index is 0.0325. The number of ether oxygens (including phenoxy) is 2. The van der Waals surface area contributed by atoms with Gasteiger partial charge in [0, 0.05) is 23.3 Å². The fraction of sp³-hybridized carbons (Fsp3) is 0.481. The molecule has 3 fully saturated rings. The Labute approximate surface area is 202 Å². The minimum Gasteiger partial charge on any atom is -0.464 e. The van der Waals surface area contributed by atoms with Crippen LogP contribution in [0.4, 0.5) is 0 Å². The van der Waals surface area contributed by atoms with Crippen LogP contribution in [0.1, 0.15) is 38.7 Å². The predicted molar refractivity (Wildman–Crippen MR) is 127 cm³/mol. The van der Waals surface area contributed by atoms with Gasteiger partial charge in [-0.2, -0.15) is 11.3 Å². The minimum atomic E-state index is -1.68. The van der Waals surface area contributed by atoms with Crippen molar-refractivity contribution in [1.29, 1.82) is 0 Å². The normalized spacial score (nSPS) is 38.1. The van der Waals surface area contributed by atoms with E-state index < -0.39 is 52.4 Å². The van der Waals surface area contributed by atoms with Gasteiger partial charge in [-0.15, -0.1) is 0 Å². The molecule has 1 aromatic heterocycles. The summed E-state index contributed by atoms with van der Waals surface area (Å²) in [7, 11) is 0. The number of hydrogen-bond donors (Lipinski definition) is 0. The molecule has 1 aromatic rings. The van der Waals surface area contributed by atoms with Gasteiger partial charge in [-0.3, -0.25) is 9.59 Å². The van der Waals surface area contributed by atoms with Gasteiger partial charge in [0.1, 0.15) is 19.0 Å². The van der Waals surface area contributed by atoms with Crippen molar-refractivity contribution in [2.45, 2.75) is 39.2 Å². The van der Waals surface area contributed by atoms with Crippen molar-refractivity contribution in [3.63, 3.8) is 0 Å². The van der Waals surface area contributed by atoms with Crippen LogP contribution in [0.25, 0.3) is 6.08 Å². The van der Waals surface area contributed by atoms with Crippen molar-refractivity contribution in [3.05, 3.63) is 52.8 Å². The lowest BCUT2D eigenvalue weighted by atomic mass is 9.46. The van der Waals surface area contributed by atoms with Gasteiger partial charge in [0.25, 0.3) is 0 Å². The third-order valence-electron chi connectivity index (χ3n) is 8.51. The summed E-state index contributed by atoms with van der Waals surface area (Å²) in [5.41, 5.74) is -1.71. The first-order chi connectivity index (χ1) is 16.2. The largest absolute Gasteiger partial charge is 0.464 e. The van der Waals surface area contributed by atoms with Gasteiger partial charge in [0.05, 0.1) is 0 Å². The average molecular weight is 481 g/mol. The zero-order valence-electron chi connectivity index (χ0n) is 19.3. The predicted octanol–water partition coefficient (Wildman–Crippen LogP) is 4.17. The summed E-state index contributed by atoms with van der Waals surface area (Å²) in [6.45, 7) is 8.07. The van der Waals surface area contributed by atoms with E-state index >= 15 is 0 Å². The van der Waals surface area contributed by atoms with E-state index in [4.69, 9.17) is 9.47 Å². The molecule has 0 amide bonds. The molecule has 1 saturated heterocycles. The molecule has 7 heteroatoms. The summed E-state index contributed by atoms with van der Waals surface area (Å²) < 4.78 is 11.6. The lowest BCUT2D eigenvalue weighted by Crippen LogP contribution is -2.66. The molecule has 2 heterocycles. The number of aldehydes is 1. The first kappa shape index (κ1) is 23.0. The second-order valence-corrected chi connectivity index (χ2v) is 11.4. The molecule has 0 radical (unpaired) electrons. The van der Waals surface area contributed by atoms with E-state index in [1.54, 1.807) is 6.08 Å². The molecule has 34 heavy (non-hydrogen) atoms. The number of carbonyl (C=O) groups is 4. The van der Waals surface area contributed by atoms with Gasteiger partial charge >= 0.3 is 11.9 Å². The van der Waals surface area contributed by atoms with Crippen LogP contribution >= 0.6 is 11.3 Å². The van der Waals surface area contributed by atoms with Crippen molar-refractivity contribution in [1.82, 2.24) is 0 Å². The van der Waals surface area contributed by atoms with Crippen LogP contribution < -0.4 is 0 Å². The smallest absolute Gasteiger partial charge is 0.331 e. The maximum Gasteiger partial charge on any atom is 0.331 e. The van der Waals surface area contributed by atoms with Crippen molar-refractivity contribution in [3.8, 4) is 0 Å². The summed E-state index contributed by atoms with van der Waals surface area (Å²) in [5, 5.41) is 3.80. The number of allylic oxidation sites excluding steroid dienone is 1. The molecule has 6 nitrogen and oxygen atoms in total. The first-order valence-electron chi connectivity index (χ1n) is 11.6. The molecule has 0 aromatic carbocycles. The maximum atomic E-state index is 13.8. The zero-order valence-corrected chi connectivity index (χ0v) is 20.1. The number of fused-ring (bicyclic) bond motifs is 2. The lowest BCUT2D eigenvalue weighted by molar-refractivity contribution is -0.215. The lowest BCUT2D eigenvalue weighted by Gasteiger charge is -2.58. The Balaban J connectivity index is 1.58.